The van der Waals surface area contributed by atoms with Crippen LogP contribution < -0.4 is 5.73 Å². The summed E-state index contributed by atoms with van der Waals surface area (Å²) in [5.74, 6) is 0.838. The maximum Gasteiger partial charge on any atom is 0.229 e. The quantitative estimate of drug-likeness (QED) is 0.337. The molecule has 126 valence electrons. The molecule has 6 heteroatoms. The molecular formula is C20H13ClN4O. The van der Waals surface area contributed by atoms with Gasteiger partial charge in [0.2, 0.25) is 5.95 Å². The second-order valence-electron chi connectivity index (χ2n) is 6.03. The second-order valence-corrected chi connectivity index (χ2v) is 6.46. The molecule has 2 aromatic heterocycles. The number of H-pyrrole nitrogens is 1. The van der Waals surface area contributed by atoms with Crippen LogP contribution in [0.15, 0.2) is 70.1 Å². The summed E-state index contributed by atoms with van der Waals surface area (Å²) in [5.41, 5.74) is 10.2. The van der Waals surface area contributed by atoms with Crippen molar-refractivity contribution < 1.29 is 4.42 Å². The molecule has 0 amide bonds. The van der Waals surface area contributed by atoms with Gasteiger partial charge < -0.3 is 15.1 Å². The minimum atomic E-state index is 0.365. The zero-order chi connectivity index (χ0) is 17.7. The maximum atomic E-state index is 6.19. The molecule has 0 atom stereocenters. The molecule has 5 aromatic rings. The fourth-order valence-corrected chi connectivity index (χ4v) is 3.25. The fourth-order valence-electron chi connectivity index (χ4n) is 3.08. The molecule has 3 aromatic carbocycles. The van der Waals surface area contributed by atoms with Crippen LogP contribution in [0.5, 0.6) is 0 Å². The highest BCUT2D eigenvalue weighted by molar-refractivity contribution is 6.31. The maximum absolute atomic E-state index is 6.19. The minimum Gasteiger partial charge on any atom is -0.456 e. The van der Waals surface area contributed by atoms with Crippen LogP contribution in [-0.4, -0.2) is 15.8 Å². The van der Waals surface area contributed by atoms with E-state index in [0.29, 0.717) is 16.8 Å². The van der Waals surface area contributed by atoms with Gasteiger partial charge in [0.05, 0.1) is 11.0 Å². The Morgan fingerprint density at radius 1 is 1.00 bits per heavy atom. The Kier molecular flexibility index (Phi) is 3.23. The highest BCUT2D eigenvalue weighted by atomic mass is 35.5. The molecule has 0 saturated carbocycles. The van der Waals surface area contributed by atoms with Gasteiger partial charge in [-0.2, -0.15) is 4.99 Å². The van der Waals surface area contributed by atoms with E-state index in [-0.39, 0.29) is 0 Å². The Morgan fingerprint density at radius 3 is 2.77 bits per heavy atom. The Balaban J connectivity index is 1.59. The molecule has 26 heavy (non-hydrogen) atoms. The number of hydrogen-bond donors (Lipinski definition) is 2. The number of fused-ring (bicyclic) bond motifs is 4. The van der Waals surface area contributed by atoms with Gasteiger partial charge in [0.1, 0.15) is 17.0 Å². The molecule has 0 aliphatic heterocycles. The van der Waals surface area contributed by atoms with E-state index in [1.165, 1.54) is 0 Å². The predicted octanol–water partition coefficient (Wildman–Crippen LogP) is 5.15. The number of nitrogens with two attached hydrogens (primary N) is 1. The van der Waals surface area contributed by atoms with Gasteiger partial charge in [-0.3, -0.25) is 0 Å². The van der Waals surface area contributed by atoms with Crippen LogP contribution >= 0.6 is 11.6 Å². The van der Waals surface area contributed by atoms with Gasteiger partial charge in [-0.1, -0.05) is 29.8 Å². The number of hydrogen-bond acceptors (Lipinski definition) is 3. The predicted molar refractivity (Wildman–Crippen MR) is 105 cm³/mol. The standard InChI is InChI=1S/C20H13ClN4O/c21-12-6-8-17-14(10-12)13-7-5-11(9-18(13)26-17)19(22)25-20-23-15-3-1-2-4-16(15)24-20/h1-10H,(H3,22,23,24,25). The molecule has 5 rings (SSSR count). The van der Waals surface area contributed by atoms with Gasteiger partial charge in [0.15, 0.2) is 0 Å². The Hall–Kier alpha value is -3.31. The first-order valence-corrected chi connectivity index (χ1v) is 8.46. The third-order valence-corrected chi connectivity index (χ3v) is 4.57. The molecule has 0 bridgehead atoms. The summed E-state index contributed by atoms with van der Waals surface area (Å²) in [6.07, 6.45) is 0. The first-order chi connectivity index (χ1) is 12.7. The van der Waals surface area contributed by atoms with E-state index in [2.05, 4.69) is 15.0 Å². The van der Waals surface area contributed by atoms with Gasteiger partial charge in [-0.25, -0.2) is 4.98 Å². The van der Waals surface area contributed by atoms with E-state index in [1.54, 1.807) is 0 Å². The molecule has 5 nitrogen and oxygen atoms in total. The van der Waals surface area contributed by atoms with E-state index in [1.807, 2.05) is 60.7 Å². The van der Waals surface area contributed by atoms with Gasteiger partial charge in [-0.15, -0.1) is 0 Å². The summed E-state index contributed by atoms with van der Waals surface area (Å²) in [5, 5.41) is 2.64. The van der Waals surface area contributed by atoms with Crippen molar-refractivity contribution in [3.8, 4) is 0 Å². The SMILES string of the molecule is NC(=Nc1nc2ccccc2[nH]1)c1ccc2c(c1)oc1ccc(Cl)cc12. The van der Waals surface area contributed by atoms with Crippen molar-refractivity contribution in [3.05, 3.63) is 71.2 Å². The topological polar surface area (TPSA) is 80.2 Å². The summed E-state index contributed by atoms with van der Waals surface area (Å²) < 4.78 is 5.90. The lowest BCUT2D eigenvalue weighted by Gasteiger charge is -1.99. The molecule has 3 N–H and O–H groups in total. The average molecular weight is 361 g/mol. The summed E-state index contributed by atoms with van der Waals surface area (Å²) in [6.45, 7) is 0. The van der Waals surface area contributed by atoms with Crippen LogP contribution in [-0.2, 0) is 0 Å². The van der Waals surface area contributed by atoms with Crippen molar-refractivity contribution in [2.75, 3.05) is 0 Å². The van der Waals surface area contributed by atoms with Crippen molar-refractivity contribution in [2.45, 2.75) is 0 Å². The highest BCUT2D eigenvalue weighted by Crippen LogP contribution is 2.31. The summed E-state index contributed by atoms with van der Waals surface area (Å²) >= 11 is 6.09. The number of nitrogens with one attached hydrogen (secondary N) is 1. The number of aliphatic imine (C=N–C) groups is 1. The molecule has 0 saturated heterocycles. The molecule has 0 radical (unpaired) electrons. The molecule has 0 unspecified atom stereocenters. The van der Waals surface area contributed by atoms with Crippen LogP contribution in [0.4, 0.5) is 5.95 Å². The van der Waals surface area contributed by atoms with Crippen molar-refractivity contribution in [1.82, 2.24) is 9.97 Å². The lowest BCUT2D eigenvalue weighted by molar-refractivity contribution is 0.669. The van der Waals surface area contributed by atoms with Gasteiger partial charge in [0.25, 0.3) is 0 Å². The van der Waals surface area contributed by atoms with E-state index in [4.69, 9.17) is 21.8 Å². The Bertz CT molecular complexity index is 1280. The van der Waals surface area contributed by atoms with Crippen LogP contribution in [0, 0.1) is 0 Å². The van der Waals surface area contributed by atoms with Crippen LogP contribution in [0.25, 0.3) is 33.0 Å². The van der Waals surface area contributed by atoms with Gasteiger partial charge in [0, 0.05) is 21.4 Å². The highest BCUT2D eigenvalue weighted by Gasteiger charge is 2.10. The lowest BCUT2D eigenvalue weighted by atomic mass is 10.1. The third-order valence-electron chi connectivity index (χ3n) is 4.33. The minimum absolute atomic E-state index is 0.365. The number of rotatable bonds is 2. The smallest absolute Gasteiger partial charge is 0.229 e. The monoisotopic (exact) mass is 360 g/mol. The van der Waals surface area contributed by atoms with Crippen molar-refractivity contribution >= 4 is 56.4 Å². The zero-order valence-electron chi connectivity index (χ0n) is 13.5. The van der Waals surface area contributed by atoms with Crippen molar-refractivity contribution in [1.29, 1.82) is 0 Å². The first-order valence-electron chi connectivity index (χ1n) is 8.08. The number of aromatic nitrogens is 2. The van der Waals surface area contributed by atoms with Crippen molar-refractivity contribution in [3.63, 3.8) is 0 Å². The molecular weight excluding hydrogens is 348 g/mol. The van der Waals surface area contributed by atoms with Gasteiger partial charge in [-0.05, 0) is 42.5 Å². The lowest BCUT2D eigenvalue weighted by Crippen LogP contribution is -2.12. The Morgan fingerprint density at radius 2 is 1.88 bits per heavy atom. The van der Waals surface area contributed by atoms with Crippen LogP contribution in [0.3, 0.4) is 0 Å². The number of furan rings is 1. The second kappa shape index (κ2) is 5.61. The van der Waals surface area contributed by atoms with E-state index < -0.39 is 0 Å². The number of nitrogens with zero attached hydrogens (tertiary/aromatic N) is 2. The van der Waals surface area contributed by atoms with Crippen LogP contribution in [0.2, 0.25) is 5.02 Å². The number of halogens is 1. The summed E-state index contributed by atoms with van der Waals surface area (Å²) in [6, 6.07) is 19.1. The molecule has 0 spiro atoms. The Labute approximate surface area is 153 Å². The molecule has 0 fully saturated rings. The normalized spacial score (nSPS) is 12.4. The van der Waals surface area contributed by atoms with Crippen LogP contribution in [0.1, 0.15) is 5.56 Å². The molecule has 2 heterocycles. The molecule has 0 aliphatic rings. The number of aromatic amines is 1. The fraction of sp³-hybridized carbons (Fsp3) is 0. The number of benzene rings is 3. The largest absolute Gasteiger partial charge is 0.456 e. The van der Waals surface area contributed by atoms with E-state index in [0.717, 1.165) is 38.5 Å². The number of para-hydroxylation sites is 2. The van der Waals surface area contributed by atoms with E-state index >= 15 is 0 Å². The summed E-state index contributed by atoms with van der Waals surface area (Å²) in [7, 11) is 0. The van der Waals surface area contributed by atoms with Crippen molar-refractivity contribution in [2.24, 2.45) is 10.7 Å². The summed E-state index contributed by atoms with van der Waals surface area (Å²) in [4.78, 5) is 12.0. The average Bonchev–Trinajstić information content (AvgIpc) is 3.21. The number of amidine groups is 1. The molecule has 0 aliphatic carbocycles. The van der Waals surface area contributed by atoms with E-state index in [9.17, 15) is 0 Å². The third kappa shape index (κ3) is 2.41. The first kappa shape index (κ1) is 15.0. The van der Waals surface area contributed by atoms with Gasteiger partial charge >= 0.3 is 0 Å². The number of imidazole rings is 1. The zero-order valence-corrected chi connectivity index (χ0v) is 14.3.